The molecule has 4 rings (SSSR count). The average molecular weight is 383 g/mol. The fraction of sp³-hybridized carbons (Fsp3) is 0.192. The van der Waals surface area contributed by atoms with Crippen molar-refractivity contribution in [1.29, 1.82) is 0 Å². The number of nitrogens with zero attached hydrogens (tertiary/aromatic N) is 2. The highest BCUT2D eigenvalue weighted by molar-refractivity contribution is 5.83. The Labute approximate surface area is 172 Å². The second kappa shape index (κ2) is 8.36. The highest BCUT2D eigenvalue weighted by atomic mass is 16.2. The molecule has 3 heteroatoms. The summed E-state index contributed by atoms with van der Waals surface area (Å²) in [6.07, 6.45) is 0. The van der Waals surface area contributed by atoms with Crippen molar-refractivity contribution in [3.05, 3.63) is 114 Å². The number of urea groups is 1. The molecule has 0 bridgehead atoms. The van der Waals surface area contributed by atoms with E-state index in [2.05, 4.69) is 62.0 Å². The van der Waals surface area contributed by atoms with Crippen LogP contribution in [-0.2, 0) is 13.1 Å². The van der Waals surface area contributed by atoms with E-state index in [0.29, 0.717) is 19.6 Å². The van der Waals surface area contributed by atoms with Crippen LogP contribution < -0.4 is 0 Å². The first-order valence-corrected chi connectivity index (χ1v) is 10.0. The smallest absolute Gasteiger partial charge is 0.318 e. The van der Waals surface area contributed by atoms with Crippen LogP contribution in [0.2, 0.25) is 0 Å². The highest BCUT2D eigenvalue weighted by Crippen LogP contribution is 2.30. The largest absolute Gasteiger partial charge is 0.321 e. The monoisotopic (exact) mass is 382 g/mol. The third-order valence-corrected chi connectivity index (χ3v) is 5.52. The lowest BCUT2D eigenvalue weighted by molar-refractivity contribution is 0.186. The molecule has 1 fully saturated rings. The lowest BCUT2D eigenvalue weighted by atomic mass is 9.98. The summed E-state index contributed by atoms with van der Waals surface area (Å²) < 4.78 is 0. The van der Waals surface area contributed by atoms with Crippen molar-refractivity contribution in [1.82, 2.24) is 9.80 Å². The van der Waals surface area contributed by atoms with Gasteiger partial charge in [0.05, 0.1) is 6.04 Å². The molecule has 0 radical (unpaired) electrons. The molecule has 0 aliphatic carbocycles. The van der Waals surface area contributed by atoms with Gasteiger partial charge in [0.2, 0.25) is 0 Å². The lowest BCUT2D eigenvalue weighted by Crippen LogP contribution is -2.34. The van der Waals surface area contributed by atoms with Gasteiger partial charge in [-0.15, -0.1) is 0 Å². The van der Waals surface area contributed by atoms with E-state index in [9.17, 15) is 4.79 Å². The van der Waals surface area contributed by atoms with Crippen molar-refractivity contribution in [3.8, 4) is 0 Å². The van der Waals surface area contributed by atoms with E-state index in [0.717, 1.165) is 22.3 Å². The Bertz CT molecular complexity index is 980. The Morgan fingerprint density at radius 1 is 0.862 bits per heavy atom. The molecule has 1 aliphatic heterocycles. The second-order valence-corrected chi connectivity index (χ2v) is 7.67. The molecule has 0 saturated carbocycles. The van der Waals surface area contributed by atoms with Gasteiger partial charge in [-0.2, -0.15) is 0 Å². The minimum absolute atomic E-state index is 0.0471. The van der Waals surface area contributed by atoms with Gasteiger partial charge in [-0.1, -0.05) is 97.1 Å². The Morgan fingerprint density at radius 2 is 1.41 bits per heavy atom. The molecule has 1 aliphatic rings. The molecule has 3 nitrogen and oxygen atoms in total. The highest BCUT2D eigenvalue weighted by Gasteiger charge is 2.38. The van der Waals surface area contributed by atoms with Gasteiger partial charge in [0.15, 0.2) is 0 Å². The first-order chi connectivity index (χ1) is 14.1. The van der Waals surface area contributed by atoms with Crippen molar-refractivity contribution in [2.24, 2.45) is 0 Å². The van der Waals surface area contributed by atoms with Crippen LogP contribution in [0, 0.1) is 6.92 Å². The van der Waals surface area contributed by atoms with E-state index >= 15 is 0 Å². The van der Waals surface area contributed by atoms with Gasteiger partial charge in [-0.3, -0.25) is 0 Å². The molecule has 146 valence electrons. The summed E-state index contributed by atoms with van der Waals surface area (Å²) in [6.45, 7) is 8.31. The van der Waals surface area contributed by atoms with Crippen LogP contribution in [-0.4, -0.2) is 28.4 Å². The molecule has 1 unspecified atom stereocenters. The Hall–Kier alpha value is -3.33. The zero-order chi connectivity index (χ0) is 20.2. The summed E-state index contributed by atoms with van der Waals surface area (Å²) in [7, 11) is 0. The number of aryl methyl sites for hydroxylation is 1. The van der Waals surface area contributed by atoms with E-state index in [1.165, 1.54) is 5.56 Å². The number of hydrogen-bond acceptors (Lipinski definition) is 1. The molecule has 1 saturated heterocycles. The van der Waals surface area contributed by atoms with Gasteiger partial charge >= 0.3 is 6.03 Å². The predicted octanol–water partition coefficient (Wildman–Crippen LogP) is 5.51. The van der Waals surface area contributed by atoms with E-state index in [1.54, 1.807) is 0 Å². The van der Waals surface area contributed by atoms with Gasteiger partial charge in [0.1, 0.15) is 0 Å². The summed E-state index contributed by atoms with van der Waals surface area (Å²) in [5.74, 6) is 0. The molecule has 0 aromatic heterocycles. The SMILES string of the molecule is C=C(c1ccc(C)cc1)C1CN(Cc2ccccc2)C(=O)N1Cc1ccccc1. The molecular formula is C26H26N2O. The third-order valence-electron chi connectivity index (χ3n) is 5.52. The number of carbonyl (C=O) groups is 1. The molecule has 2 amide bonds. The minimum Gasteiger partial charge on any atom is -0.318 e. The quantitative estimate of drug-likeness (QED) is 0.551. The van der Waals surface area contributed by atoms with Gasteiger partial charge in [-0.25, -0.2) is 4.79 Å². The first-order valence-electron chi connectivity index (χ1n) is 10.0. The zero-order valence-corrected chi connectivity index (χ0v) is 16.8. The van der Waals surface area contributed by atoms with Crippen molar-refractivity contribution in [3.63, 3.8) is 0 Å². The Kier molecular flexibility index (Phi) is 5.48. The number of benzene rings is 3. The minimum atomic E-state index is -0.0471. The van der Waals surface area contributed by atoms with Crippen molar-refractivity contribution in [2.75, 3.05) is 6.54 Å². The maximum Gasteiger partial charge on any atom is 0.321 e. The van der Waals surface area contributed by atoms with Gasteiger partial charge in [0, 0.05) is 19.6 Å². The summed E-state index contributed by atoms with van der Waals surface area (Å²) in [5, 5.41) is 0. The molecule has 0 spiro atoms. The number of hydrogen-bond donors (Lipinski definition) is 0. The molecule has 1 atom stereocenters. The third kappa shape index (κ3) is 4.24. The van der Waals surface area contributed by atoms with Gasteiger partial charge in [-0.05, 0) is 29.2 Å². The van der Waals surface area contributed by atoms with E-state index < -0.39 is 0 Å². The van der Waals surface area contributed by atoms with E-state index in [4.69, 9.17) is 0 Å². The summed E-state index contributed by atoms with van der Waals surface area (Å²) >= 11 is 0. The standard InChI is InChI=1S/C26H26N2O/c1-20-13-15-24(16-14-20)21(2)25-19-27(17-22-9-5-3-6-10-22)26(29)28(25)18-23-11-7-4-8-12-23/h3-16,25H,2,17-19H2,1H3. The molecule has 29 heavy (non-hydrogen) atoms. The Balaban J connectivity index is 1.61. The summed E-state index contributed by atoms with van der Waals surface area (Å²) in [4.78, 5) is 17.2. The van der Waals surface area contributed by atoms with Crippen LogP contribution in [0.3, 0.4) is 0 Å². The number of carbonyl (C=O) groups excluding carboxylic acids is 1. The van der Waals surface area contributed by atoms with Crippen LogP contribution >= 0.6 is 0 Å². The van der Waals surface area contributed by atoms with Crippen LogP contribution in [0.15, 0.2) is 91.5 Å². The lowest BCUT2D eigenvalue weighted by Gasteiger charge is -2.25. The van der Waals surface area contributed by atoms with Crippen molar-refractivity contribution in [2.45, 2.75) is 26.1 Å². The second-order valence-electron chi connectivity index (χ2n) is 7.67. The molecule has 0 N–H and O–H groups in total. The van der Waals surface area contributed by atoms with Crippen LogP contribution in [0.5, 0.6) is 0 Å². The molecule has 3 aromatic rings. The fourth-order valence-electron chi connectivity index (χ4n) is 3.85. The summed E-state index contributed by atoms with van der Waals surface area (Å²) in [5.41, 5.74) is 5.57. The van der Waals surface area contributed by atoms with E-state index in [-0.39, 0.29) is 12.1 Å². The van der Waals surface area contributed by atoms with E-state index in [1.807, 2.05) is 46.2 Å². The zero-order valence-electron chi connectivity index (χ0n) is 16.8. The summed E-state index contributed by atoms with van der Waals surface area (Å²) in [6, 6.07) is 28.7. The maximum atomic E-state index is 13.3. The van der Waals surface area contributed by atoms with Crippen LogP contribution in [0.25, 0.3) is 5.57 Å². The number of rotatable bonds is 6. The average Bonchev–Trinajstić information content (AvgIpc) is 3.05. The number of amides is 2. The normalized spacial score (nSPS) is 16.3. The topological polar surface area (TPSA) is 23.6 Å². The predicted molar refractivity (Wildman–Crippen MR) is 118 cm³/mol. The van der Waals surface area contributed by atoms with Gasteiger partial charge in [0.25, 0.3) is 0 Å². The molecule has 3 aromatic carbocycles. The Morgan fingerprint density at radius 3 is 2.00 bits per heavy atom. The molecule has 1 heterocycles. The van der Waals surface area contributed by atoms with Gasteiger partial charge < -0.3 is 9.80 Å². The van der Waals surface area contributed by atoms with Crippen molar-refractivity contribution < 1.29 is 4.79 Å². The van der Waals surface area contributed by atoms with Crippen molar-refractivity contribution >= 4 is 11.6 Å². The van der Waals surface area contributed by atoms with Crippen LogP contribution in [0.1, 0.15) is 22.3 Å². The first kappa shape index (κ1) is 19.0. The molecular weight excluding hydrogens is 356 g/mol. The fourth-order valence-corrected chi connectivity index (χ4v) is 3.85. The van der Waals surface area contributed by atoms with Crippen LogP contribution in [0.4, 0.5) is 4.79 Å². The maximum absolute atomic E-state index is 13.3.